The van der Waals surface area contributed by atoms with Crippen LogP contribution in [0.15, 0.2) is 47.4 Å². The number of hydrogen-bond donors (Lipinski definition) is 3. The molecule has 1 heterocycles. The van der Waals surface area contributed by atoms with Crippen LogP contribution in [0.2, 0.25) is 10.0 Å². The zero-order valence-electron chi connectivity index (χ0n) is 11.6. The van der Waals surface area contributed by atoms with Crippen LogP contribution in [0.3, 0.4) is 0 Å². The van der Waals surface area contributed by atoms with Gasteiger partial charge in [-0.2, -0.15) is 0 Å². The first kappa shape index (κ1) is 15.9. The van der Waals surface area contributed by atoms with E-state index in [0.717, 1.165) is 0 Å². The van der Waals surface area contributed by atoms with Crippen LogP contribution in [0.5, 0.6) is 0 Å². The third-order valence-corrected chi connectivity index (χ3v) is 4.90. The monoisotopic (exact) mass is 367 g/mol. The van der Waals surface area contributed by atoms with Gasteiger partial charge in [-0.05, 0) is 42.5 Å². The van der Waals surface area contributed by atoms with Gasteiger partial charge in [0.1, 0.15) is 5.69 Å². The lowest BCUT2D eigenvalue weighted by molar-refractivity contribution is 0.0993. The molecular formula is C15H11Cl2N3O2S. The standard InChI is InChI=1S/C15H11Cl2N3O2S/c16-8-1-4-10(5-2-8)20-23(22)14-11-7-9(17)3-6-12(11)19-13(14)15(18)21/h1-7,19-20H,(H2,18,21). The van der Waals surface area contributed by atoms with E-state index in [4.69, 9.17) is 28.9 Å². The van der Waals surface area contributed by atoms with E-state index < -0.39 is 16.9 Å². The van der Waals surface area contributed by atoms with Gasteiger partial charge in [0.25, 0.3) is 5.91 Å². The van der Waals surface area contributed by atoms with Crippen LogP contribution in [0.4, 0.5) is 5.69 Å². The maximum atomic E-state index is 12.7. The Bertz CT molecular complexity index is 922. The van der Waals surface area contributed by atoms with Crippen molar-refractivity contribution >= 4 is 56.7 Å². The number of primary amides is 1. The highest BCUT2D eigenvalue weighted by Gasteiger charge is 2.21. The van der Waals surface area contributed by atoms with Crippen molar-refractivity contribution in [2.24, 2.45) is 5.73 Å². The second-order valence-corrected chi connectivity index (χ2v) is 6.78. The molecule has 0 fully saturated rings. The Balaban J connectivity index is 2.07. The Morgan fingerprint density at radius 2 is 1.74 bits per heavy atom. The SMILES string of the molecule is NC(=O)c1[nH]c2ccc(Cl)cc2c1S(=O)Nc1ccc(Cl)cc1. The molecular weight excluding hydrogens is 357 g/mol. The molecule has 1 unspecified atom stereocenters. The van der Waals surface area contributed by atoms with Crippen molar-refractivity contribution in [3.05, 3.63) is 58.2 Å². The van der Waals surface area contributed by atoms with Crippen LogP contribution in [-0.4, -0.2) is 15.1 Å². The molecule has 1 aromatic heterocycles. The van der Waals surface area contributed by atoms with Crippen molar-refractivity contribution in [2.75, 3.05) is 4.72 Å². The number of aromatic nitrogens is 1. The largest absolute Gasteiger partial charge is 0.364 e. The summed E-state index contributed by atoms with van der Waals surface area (Å²) in [5.41, 5.74) is 6.70. The smallest absolute Gasteiger partial charge is 0.266 e. The third-order valence-electron chi connectivity index (χ3n) is 3.20. The summed E-state index contributed by atoms with van der Waals surface area (Å²) in [6, 6.07) is 11.7. The van der Waals surface area contributed by atoms with E-state index >= 15 is 0 Å². The van der Waals surface area contributed by atoms with Crippen molar-refractivity contribution in [1.82, 2.24) is 4.98 Å². The third kappa shape index (κ3) is 3.19. The van der Waals surface area contributed by atoms with Crippen LogP contribution in [0.1, 0.15) is 10.5 Å². The number of benzene rings is 2. The minimum Gasteiger partial charge on any atom is -0.364 e. The van der Waals surface area contributed by atoms with E-state index in [1.807, 2.05) is 0 Å². The molecule has 2 aromatic carbocycles. The second kappa shape index (κ2) is 6.23. The van der Waals surface area contributed by atoms with Crippen molar-refractivity contribution in [1.29, 1.82) is 0 Å². The van der Waals surface area contributed by atoms with Crippen LogP contribution in [0.25, 0.3) is 10.9 Å². The lowest BCUT2D eigenvalue weighted by atomic mass is 10.2. The summed E-state index contributed by atoms with van der Waals surface area (Å²) in [7, 11) is -1.71. The summed E-state index contributed by atoms with van der Waals surface area (Å²) in [4.78, 5) is 14.8. The number of nitrogens with one attached hydrogen (secondary N) is 2. The van der Waals surface area contributed by atoms with E-state index in [1.165, 1.54) is 0 Å². The first-order valence-corrected chi connectivity index (χ1v) is 8.41. The summed E-state index contributed by atoms with van der Waals surface area (Å²) in [6.45, 7) is 0. The number of amides is 1. The average Bonchev–Trinajstić information content (AvgIpc) is 2.88. The predicted molar refractivity (Wildman–Crippen MR) is 93.3 cm³/mol. The zero-order valence-corrected chi connectivity index (χ0v) is 13.9. The molecule has 0 aliphatic rings. The van der Waals surface area contributed by atoms with Gasteiger partial charge in [-0.1, -0.05) is 23.2 Å². The highest BCUT2D eigenvalue weighted by Crippen LogP contribution is 2.29. The summed E-state index contributed by atoms with van der Waals surface area (Å²) in [5.74, 6) is -0.696. The number of aromatic amines is 1. The van der Waals surface area contributed by atoms with Gasteiger partial charge in [0.05, 0.1) is 4.90 Å². The topological polar surface area (TPSA) is 88.0 Å². The normalized spacial score (nSPS) is 12.3. The van der Waals surface area contributed by atoms with E-state index in [1.54, 1.807) is 42.5 Å². The van der Waals surface area contributed by atoms with Gasteiger partial charge in [0.15, 0.2) is 11.0 Å². The molecule has 4 N–H and O–H groups in total. The number of halogens is 2. The fraction of sp³-hybridized carbons (Fsp3) is 0. The molecule has 0 radical (unpaired) electrons. The zero-order chi connectivity index (χ0) is 16.6. The fourth-order valence-corrected chi connectivity index (χ4v) is 3.64. The lowest BCUT2D eigenvalue weighted by Crippen LogP contribution is -2.16. The minimum atomic E-state index is -1.71. The summed E-state index contributed by atoms with van der Waals surface area (Å²) >= 11 is 11.8. The summed E-state index contributed by atoms with van der Waals surface area (Å²) in [6.07, 6.45) is 0. The van der Waals surface area contributed by atoms with Crippen molar-refractivity contribution in [2.45, 2.75) is 4.90 Å². The number of carbonyl (C=O) groups excluding carboxylic acids is 1. The maximum absolute atomic E-state index is 12.7. The van der Waals surface area contributed by atoms with E-state index in [9.17, 15) is 9.00 Å². The summed E-state index contributed by atoms with van der Waals surface area (Å²) in [5, 5.41) is 1.61. The van der Waals surface area contributed by atoms with Gasteiger partial charge in [0.2, 0.25) is 0 Å². The van der Waals surface area contributed by atoms with Gasteiger partial charge in [-0.15, -0.1) is 0 Å². The number of carbonyl (C=O) groups is 1. The van der Waals surface area contributed by atoms with Gasteiger partial charge in [-0.3, -0.25) is 4.79 Å². The van der Waals surface area contributed by atoms with Crippen LogP contribution in [-0.2, 0) is 11.0 Å². The number of H-pyrrole nitrogens is 1. The summed E-state index contributed by atoms with van der Waals surface area (Å²) < 4.78 is 15.5. The molecule has 3 rings (SSSR count). The quantitative estimate of drug-likeness (QED) is 0.656. The molecule has 1 amide bonds. The van der Waals surface area contributed by atoms with Crippen LogP contribution in [0, 0.1) is 0 Å². The molecule has 0 bridgehead atoms. The molecule has 0 aliphatic heterocycles. The molecule has 8 heteroatoms. The Morgan fingerprint density at radius 3 is 2.39 bits per heavy atom. The number of hydrogen-bond acceptors (Lipinski definition) is 2. The van der Waals surface area contributed by atoms with Crippen molar-refractivity contribution in [3.63, 3.8) is 0 Å². The van der Waals surface area contributed by atoms with E-state index in [-0.39, 0.29) is 10.6 Å². The van der Waals surface area contributed by atoms with Crippen LogP contribution < -0.4 is 10.5 Å². The highest BCUT2D eigenvalue weighted by molar-refractivity contribution is 7.86. The van der Waals surface area contributed by atoms with E-state index in [0.29, 0.717) is 26.6 Å². The fourth-order valence-electron chi connectivity index (χ4n) is 2.18. The van der Waals surface area contributed by atoms with Crippen molar-refractivity contribution < 1.29 is 9.00 Å². The Labute approximate surface area is 144 Å². The maximum Gasteiger partial charge on any atom is 0.266 e. The molecule has 1 atom stereocenters. The molecule has 0 saturated carbocycles. The Hall–Kier alpha value is -2.02. The molecule has 0 aliphatic carbocycles. The first-order valence-electron chi connectivity index (χ1n) is 6.51. The molecule has 0 spiro atoms. The van der Waals surface area contributed by atoms with Crippen LogP contribution >= 0.6 is 23.2 Å². The highest BCUT2D eigenvalue weighted by atomic mass is 35.5. The minimum absolute atomic E-state index is 0.0852. The first-order chi connectivity index (χ1) is 11.0. The van der Waals surface area contributed by atoms with Gasteiger partial charge < -0.3 is 15.4 Å². The number of fused-ring (bicyclic) bond motifs is 1. The Kier molecular flexibility index (Phi) is 4.30. The molecule has 3 aromatic rings. The number of nitrogens with two attached hydrogens (primary N) is 1. The molecule has 0 saturated heterocycles. The van der Waals surface area contributed by atoms with Gasteiger partial charge in [0, 0.05) is 26.6 Å². The number of rotatable bonds is 4. The average molecular weight is 368 g/mol. The van der Waals surface area contributed by atoms with Gasteiger partial charge >= 0.3 is 0 Å². The number of anilines is 1. The van der Waals surface area contributed by atoms with E-state index in [2.05, 4.69) is 9.71 Å². The second-order valence-electron chi connectivity index (χ2n) is 4.76. The van der Waals surface area contributed by atoms with Crippen molar-refractivity contribution in [3.8, 4) is 0 Å². The predicted octanol–water partition coefficient (Wildman–Crippen LogP) is 3.71. The molecule has 118 valence electrons. The molecule has 5 nitrogen and oxygen atoms in total. The Morgan fingerprint density at radius 1 is 1.09 bits per heavy atom. The van der Waals surface area contributed by atoms with Gasteiger partial charge in [-0.25, -0.2) is 4.21 Å². The molecule has 23 heavy (non-hydrogen) atoms. The lowest BCUT2D eigenvalue weighted by Gasteiger charge is -2.07.